The molecule has 0 aromatic heterocycles. The summed E-state index contributed by atoms with van der Waals surface area (Å²) >= 11 is 7.45. The molecule has 0 heterocycles. The van der Waals surface area contributed by atoms with E-state index in [-0.39, 0.29) is 16.9 Å². The number of halogens is 1. The Labute approximate surface area is 265 Å². The first-order chi connectivity index (χ1) is 21.4. The van der Waals surface area contributed by atoms with Crippen LogP contribution in [0.5, 0.6) is 0 Å². The van der Waals surface area contributed by atoms with Crippen molar-refractivity contribution < 1.29 is 14.4 Å². The van der Waals surface area contributed by atoms with Crippen LogP contribution in [0.1, 0.15) is 29.3 Å². The minimum absolute atomic E-state index is 0.0696. The van der Waals surface area contributed by atoms with E-state index in [9.17, 15) is 14.4 Å². The monoisotopic (exact) mass is 619 g/mol. The quantitative estimate of drug-likeness (QED) is 0.108. The third-order valence-corrected chi connectivity index (χ3v) is 8.40. The Balaban J connectivity index is 1.31. The number of rotatable bonds is 10. The summed E-state index contributed by atoms with van der Waals surface area (Å²) in [5, 5.41) is 11.0. The van der Waals surface area contributed by atoms with Crippen molar-refractivity contribution in [1.29, 1.82) is 0 Å². The molecular weight excluding hydrogens is 590 g/mol. The van der Waals surface area contributed by atoms with Crippen molar-refractivity contribution in [3.05, 3.63) is 143 Å². The van der Waals surface area contributed by atoms with E-state index < -0.39 is 11.8 Å². The topological polar surface area (TPSA) is 87.3 Å². The van der Waals surface area contributed by atoms with Crippen LogP contribution < -0.4 is 16.0 Å². The van der Waals surface area contributed by atoms with Crippen molar-refractivity contribution in [2.24, 2.45) is 0 Å². The number of benzene rings is 5. The van der Waals surface area contributed by atoms with Crippen molar-refractivity contribution in [3.63, 3.8) is 0 Å². The average Bonchev–Trinajstić information content (AvgIpc) is 3.05. The van der Waals surface area contributed by atoms with Gasteiger partial charge in [-0.2, -0.15) is 0 Å². The molecule has 5 aromatic carbocycles. The molecular formula is C36H30ClN3O3S. The highest BCUT2D eigenvalue weighted by molar-refractivity contribution is 8.00. The summed E-state index contributed by atoms with van der Waals surface area (Å²) in [5.74, 6) is -1.000. The van der Waals surface area contributed by atoms with Crippen LogP contribution in [0.25, 0.3) is 16.8 Å². The molecule has 3 amide bonds. The van der Waals surface area contributed by atoms with Gasteiger partial charge in [-0.1, -0.05) is 91.3 Å². The second-order valence-electron chi connectivity index (χ2n) is 9.94. The molecule has 0 fully saturated rings. The van der Waals surface area contributed by atoms with Crippen LogP contribution >= 0.6 is 23.4 Å². The van der Waals surface area contributed by atoms with Gasteiger partial charge in [0.2, 0.25) is 5.91 Å². The second-order valence-corrected chi connectivity index (χ2v) is 11.7. The van der Waals surface area contributed by atoms with Crippen LogP contribution in [-0.4, -0.2) is 23.0 Å². The van der Waals surface area contributed by atoms with Crippen LogP contribution in [0, 0.1) is 0 Å². The van der Waals surface area contributed by atoms with E-state index in [0.29, 0.717) is 28.3 Å². The van der Waals surface area contributed by atoms with Gasteiger partial charge in [0.1, 0.15) is 5.70 Å². The zero-order valence-corrected chi connectivity index (χ0v) is 25.5. The molecule has 0 aliphatic rings. The van der Waals surface area contributed by atoms with Crippen LogP contribution in [0.4, 0.5) is 11.4 Å². The SMILES string of the molecule is CCC(Sc1cccc(NC(=O)/C(=C\c2ccc(Cl)cc2)NC(=O)c2ccccc2)c1)C(=O)Nc1cccc2ccccc12. The molecule has 0 bridgehead atoms. The molecule has 5 aromatic rings. The molecule has 0 radical (unpaired) electrons. The van der Waals surface area contributed by atoms with Gasteiger partial charge in [0.25, 0.3) is 11.8 Å². The highest BCUT2D eigenvalue weighted by atomic mass is 35.5. The van der Waals surface area contributed by atoms with Gasteiger partial charge >= 0.3 is 0 Å². The third-order valence-electron chi connectivity index (χ3n) is 6.79. The fraction of sp³-hybridized carbons (Fsp3) is 0.0833. The number of thioether (sulfide) groups is 1. The summed E-state index contributed by atoms with van der Waals surface area (Å²) in [5.41, 5.74) is 2.49. The van der Waals surface area contributed by atoms with Crippen molar-refractivity contribution in [3.8, 4) is 0 Å². The fourth-order valence-corrected chi connectivity index (χ4v) is 5.69. The maximum atomic E-state index is 13.5. The van der Waals surface area contributed by atoms with Crippen molar-refractivity contribution in [2.75, 3.05) is 10.6 Å². The average molecular weight is 620 g/mol. The lowest BCUT2D eigenvalue weighted by Crippen LogP contribution is -2.30. The summed E-state index contributed by atoms with van der Waals surface area (Å²) in [4.78, 5) is 40.5. The minimum Gasteiger partial charge on any atom is -0.325 e. The van der Waals surface area contributed by atoms with E-state index in [4.69, 9.17) is 11.6 Å². The normalized spacial score (nSPS) is 11.9. The first kappa shape index (κ1) is 30.6. The molecule has 1 atom stereocenters. The highest BCUT2D eigenvalue weighted by Gasteiger charge is 2.20. The van der Waals surface area contributed by atoms with Gasteiger partial charge < -0.3 is 16.0 Å². The summed E-state index contributed by atoms with van der Waals surface area (Å²) in [6, 6.07) is 36.7. The van der Waals surface area contributed by atoms with Crippen LogP contribution in [0.3, 0.4) is 0 Å². The molecule has 220 valence electrons. The van der Waals surface area contributed by atoms with Crippen molar-refractivity contribution in [1.82, 2.24) is 5.32 Å². The Morgan fingerprint density at radius 1 is 0.795 bits per heavy atom. The van der Waals surface area contributed by atoms with Crippen molar-refractivity contribution >= 4 is 69.3 Å². The summed E-state index contributed by atoms with van der Waals surface area (Å²) < 4.78 is 0. The molecule has 6 nitrogen and oxygen atoms in total. The van der Waals surface area contributed by atoms with Gasteiger partial charge in [0.05, 0.1) is 5.25 Å². The first-order valence-corrected chi connectivity index (χ1v) is 15.4. The summed E-state index contributed by atoms with van der Waals surface area (Å²) in [6.45, 7) is 1.97. The fourth-order valence-electron chi connectivity index (χ4n) is 4.55. The summed E-state index contributed by atoms with van der Waals surface area (Å²) in [6.07, 6.45) is 2.20. The maximum absolute atomic E-state index is 13.5. The number of anilines is 2. The molecule has 3 N–H and O–H groups in total. The molecule has 1 unspecified atom stereocenters. The molecule has 0 aliphatic carbocycles. The predicted molar refractivity (Wildman–Crippen MR) is 181 cm³/mol. The van der Waals surface area contributed by atoms with Gasteiger partial charge in [0.15, 0.2) is 0 Å². The van der Waals surface area contributed by atoms with E-state index in [1.54, 1.807) is 60.7 Å². The summed E-state index contributed by atoms with van der Waals surface area (Å²) in [7, 11) is 0. The lowest BCUT2D eigenvalue weighted by molar-refractivity contribution is -0.116. The van der Waals surface area contributed by atoms with Crippen molar-refractivity contribution in [2.45, 2.75) is 23.5 Å². The highest BCUT2D eigenvalue weighted by Crippen LogP contribution is 2.30. The Kier molecular flexibility index (Phi) is 10.1. The van der Waals surface area contributed by atoms with Gasteiger partial charge in [-0.3, -0.25) is 14.4 Å². The first-order valence-electron chi connectivity index (χ1n) is 14.1. The van der Waals surface area contributed by atoms with E-state index in [0.717, 1.165) is 21.4 Å². The molecule has 0 saturated heterocycles. The molecule has 5 rings (SSSR count). The number of nitrogens with one attached hydrogen (secondary N) is 3. The molecule has 0 saturated carbocycles. The van der Waals surface area contributed by atoms with Gasteiger partial charge in [0, 0.05) is 32.2 Å². The number of carbonyl (C=O) groups excluding carboxylic acids is 3. The predicted octanol–water partition coefficient (Wildman–Crippen LogP) is 8.41. The smallest absolute Gasteiger partial charge is 0.272 e. The third kappa shape index (κ3) is 7.95. The number of hydrogen-bond donors (Lipinski definition) is 3. The lowest BCUT2D eigenvalue weighted by atomic mass is 10.1. The van der Waals surface area contributed by atoms with Gasteiger partial charge in [-0.15, -0.1) is 11.8 Å². The molecule has 0 spiro atoms. The standard InChI is InChI=1S/C36H30ClN3O3S/c1-2-33(36(43)39-31-17-8-13-25-10-6-7-16-30(25)31)44-29-15-9-14-28(23-29)38-35(42)32(22-24-18-20-27(37)21-19-24)40-34(41)26-11-4-3-5-12-26/h3-23,33H,2H2,1H3,(H,38,42)(H,39,43)(H,40,41)/b32-22+. The Bertz CT molecular complexity index is 1820. The van der Waals surface area contributed by atoms with Gasteiger partial charge in [-0.25, -0.2) is 0 Å². The minimum atomic E-state index is -0.493. The molecule has 44 heavy (non-hydrogen) atoms. The van der Waals surface area contributed by atoms with E-state index in [1.807, 2.05) is 73.7 Å². The zero-order chi connectivity index (χ0) is 30.9. The molecule has 0 aliphatic heterocycles. The number of hydrogen-bond acceptors (Lipinski definition) is 4. The number of amides is 3. The maximum Gasteiger partial charge on any atom is 0.272 e. The Hall–Kier alpha value is -4.85. The zero-order valence-electron chi connectivity index (χ0n) is 23.9. The number of fused-ring (bicyclic) bond motifs is 1. The molecule has 8 heteroatoms. The van der Waals surface area contributed by atoms with E-state index >= 15 is 0 Å². The van der Waals surface area contributed by atoms with Gasteiger partial charge in [-0.05, 0) is 72.0 Å². The van der Waals surface area contributed by atoms with Crippen LogP contribution in [-0.2, 0) is 9.59 Å². The second kappa shape index (κ2) is 14.6. The number of carbonyl (C=O) groups is 3. The van der Waals surface area contributed by atoms with Crippen LogP contribution in [0.15, 0.2) is 132 Å². The van der Waals surface area contributed by atoms with E-state index in [1.165, 1.54) is 11.8 Å². The Morgan fingerprint density at radius 3 is 2.27 bits per heavy atom. The lowest BCUT2D eigenvalue weighted by Gasteiger charge is -2.17. The van der Waals surface area contributed by atoms with Crippen LogP contribution in [0.2, 0.25) is 5.02 Å². The Morgan fingerprint density at radius 2 is 1.50 bits per heavy atom. The van der Waals surface area contributed by atoms with E-state index in [2.05, 4.69) is 16.0 Å². The largest absolute Gasteiger partial charge is 0.325 e.